The highest BCUT2D eigenvalue weighted by Gasteiger charge is 2.25. The maximum absolute atomic E-state index is 5.99. The molecule has 0 amide bonds. The summed E-state index contributed by atoms with van der Waals surface area (Å²) in [6.07, 6.45) is 5.97. The fraction of sp³-hybridized carbons (Fsp3) is 0.333. The number of allylic oxidation sites excluding steroid dienone is 2. The van der Waals surface area contributed by atoms with Crippen LogP contribution >= 0.6 is 23.8 Å². The summed E-state index contributed by atoms with van der Waals surface area (Å²) < 4.78 is 5.50. The predicted molar refractivity (Wildman–Crippen MR) is 106 cm³/mol. The Morgan fingerprint density at radius 1 is 1.24 bits per heavy atom. The zero-order valence-electron chi connectivity index (χ0n) is 13.9. The number of morpholine rings is 1. The lowest BCUT2D eigenvalue weighted by molar-refractivity contribution is 0.0548. The molecule has 7 heteroatoms. The maximum atomic E-state index is 5.99. The van der Waals surface area contributed by atoms with Crippen LogP contribution in [-0.2, 0) is 4.74 Å². The van der Waals surface area contributed by atoms with Crippen molar-refractivity contribution in [3.63, 3.8) is 0 Å². The van der Waals surface area contributed by atoms with Crippen molar-refractivity contribution in [1.29, 1.82) is 0 Å². The molecule has 2 aliphatic rings. The predicted octanol–water partition coefficient (Wildman–Crippen LogP) is 2.92. The Morgan fingerprint density at radius 3 is 2.64 bits per heavy atom. The van der Waals surface area contributed by atoms with E-state index in [2.05, 4.69) is 21.5 Å². The summed E-state index contributed by atoms with van der Waals surface area (Å²) in [7, 11) is 0. The Labute approximate surface area is 158 Å². The van der Waals surface area contributed by atoms with E-state index in [4.69, 9.17) is 34.3 Å². The van der Waals surface area contributed by atoms with Gasteiger partial charge >= 0.3 is 0 Å². The highest BCUT2D eigenvalue weighted by atomic mass is 35.5. The van der Waals surface area contributed by atoms with Gasteiger partial charge in [0.15, 0.2) is 5.11 Å². The molecule has 1 aromatic rings. The minimum absolute atomic E-state index is 0.166. The van der Waals surface area contributed by atoms with Crippen LogP contribution in [0.4, 0.5) is 0 Å². The molecule has 0 radical (unpaired) electrons. The number of halogens is 1. The van der Waals surface area contributed by atoms with E-state index in [1.807, 2.05) is 30.5 Å². The third-order valence-corrected chi connectivity index (χ3v) is 4.55. The highest BCUT2D eigenvalue weighted by Crippen LogP contribution is 2.35. The first-order chi connectivity index (χ1) is 12.1. The summed E-state index contributed by atoms with van der Waals surface area (Å²) in [4.78, 5) is 2.38. The number of hydrogen-bond acceptors (Lipinski definition) is 4. The van der Waals surface area contributed by atoms with Crippen LogP contribution in [0.25, 0.3) is 6.08 Å². The molecule has 0 atom stereocenters. The van der Waals surface area contributed by atoms with Gasteiger partial charge < -0.3 is 15.4 Å². The molecule has 1 aliphatic carbocycles. The molecule has 5 nitrogen and oxygen atoms in total. The van der Waals surface area contributed by atoms with Gasteiger partial charge in [-0.2, -0.15) is 5.10 Å². The van der Waals surface area contributed by atoms with Crippen LogP contribution in [0.3, 0.4) is 0 Å². The molecule has 0 aromatic heterocycles. The van der Waals surface area contributed by atoms with E-state index >= 15 is 0 Å². The first-order valence-corrected chi connectivity index (χ1v) is 9.03. The number of rotatable bonds is 4. The average molecular weight is 377 g/mol. The zero-order valence-corrected chi connectivity index (χ0v) is 15.4. The standard InChI is InChI=1S/C18H21ClN4OS/c19-16-5-1-13(2-6-16)11-14-3-4-15(12-21-22-18(20)25)17(14)23-7-9-24-10-8-23/h1-2,5-6,11-12H,3-4,7-10H2,(H3,20,22,25). The third-order valence-electron chi connectivity index (χ3n) is 4.21. The average Bonchev–Trinajstić information content (AvgIpc) is 3.00. The fourth-order valence-electron chi connectivity index (χ4n) is 3.11. The lowest BCUT2D eigenvalue weighted by Gasteiger charge is -2.31. The summed E-state index contributed by atoms with van der Waals surface area (Å²) >= 11 is 10.8. The van der Waals surface area contributed by atoms with Crippen molar-refractivity contribution >= 4 is 41.2 Å². The third kappa shape index (κ3) is 4.81. The van der Waals surface area contributed by atoms with Gasteiger partial charge in [0.25, 0.3) is 0 Å². The SMILES string of the molecule is NC(=S)NN=CC1=C(N2CCOCC2)C(=Cc2ccc(Cl)cc2)CC1. The maximum Gasteiger partial charge on any atom is 0.184 e. The van der Waals surface area contributed by atoms with Gasteiger partial charge in [-0.3, -0.25) is 5.43 Å². The van der Waals surface area contributed by atoms with E-state index in [-0.39, 0.29) is 5.11 Å². The summed E-state index contributed by atoms with van der Waals surface area (Å²) in [6.45, 7) is 3.25. The Bertz CT molecular complexity index is 721. The van der Waals surface area contributed by atoms with Crippen LogP contribution in [-0.4, -0.2) is 42.5 Å². The molecule has 0 bridgehead atoms. The van der Waals surface area contributed by atoms with Gasteiger partial charge in [-0.1, -0.05) is 23.7 Å². The van der Waals surface area contributed by atoms with Crippen molar-refractivity contribution < 1.29 is 4.74 Å². The van der Waals surface area contributed by atoms with E-state index in [1.165, 1.54) is 16.8 Å². The van der Waals surface area contributed by atoms with Crippen molar-refractivity contribution in [2.45, 2.75) is 12.8 Å². The second kappa shape index (κ2) is 8.47. The van der Waals surface area contributed by atoms with Gasteiger partial charge in [-0.15, -0.1) is 0 Å². The Balaban J connectivity index is 1.90. The second-order valence-corrected chi connectivity index (χ2v) is 6.80. The molecule has 1 saturated heterocycles. The molecule has 3 N–H and O–H groups in total. The van der Waals surface area contributed by atoms with Crippen molar-refractivity contribution in [1.82, 2.24) is 10.3 Å². The summed E-state index contributed by atoms with van der Waals surface area (Å²) in [6, 6.07) is 7.89. The van der Waals surface area contributed by atoms with Gasteiger partial charge in [0, 0.05) is 23.8 Å². The highest BCUT2D eigenvalue weighted by molar-refractivity contribution is 7.80. The fourth-order valence-corrected chi connectivity index (χ4v) is 3.28. The number of hydrazone groups is 1. The van der Waals surface area contributed by atoms with Crippen LogP contribution in [0.5, 0.6) is 0 Å². The van der Waals surface area contributed by atoms with Crippen molar-refractivity contribution in [2.24, 2.45) is 10.8 Å². The minimum Gasteiger partial charge on any atom is -0.378 e. The van der Waals surface area contributed by atoms with E-state index in [0.29, 0.717) is 0 Å². The second-order valence-electron chi connectivity index (χ2n) is 5.93. The van der Waals surface area contributed by atoms with Gasteiger partial charge in [0.05, 0.1) is 19.4 Å². The van der Waals surface area contributed by atoms with Crippen molar-refractivity contribution in [2.75, 3.05) is 26.3 Å². The molecule has 132 valence electrons. The van der Waals surface area contributed by atoms with Crippen molar-refractivity contribution in [3.8, 4) is 0 Å². The van der Waals surface area contributed by atoms with Gasteiger partial charge in [0.1, 0.15) is 0 Å². The van der Waals surface area contributed by atoms with E-state index in [9.17, 15) is 0 Å². The number of nitrogens with zero attached hydrogens (tertiary/aromatic N) is 2. The zero-order chi connectivity index (χ0) is 17.6. The van der Waals surface area contributed by atoms with E-state index in [1.54, 1.807) is 0 Å². The number of nitrogens with two attached hydrogens (primary N) is 1. The van der Waals surface area contributed by atoms with Crippen LogP contribution in [0.15, 0.2) is 46.2 Å². The Kier molecular flexibility index (Phi) is 6.07. The monoisotopic (exact) mass is 376 g/mol. The molecule has 0 spiro atoms. The minimum atomic E-state index is 0.166. The topological polar surface area (TPSA) is 62.9 Å². The largest absolute Gasteiger partial charge is 0.378 e. The normalized spacial score (nSPS) is 19.9. The Hall–Kier alpha value is -1.89. The van der Waals surface area contributed by atoms with Crippen molar-refractivity contribution in [3.05, 3.63) is 51.7 Å². The van der Waals surface area contributed by atoms with Crippen LogP contribution in [0.1, 0.15) is 18.4 Å². The molecule has 1 aliphatic heterocycles. The van der Waals surface area contributed by atoms with Gasteiger partial charge in [-0.25, -0.2) is 0 Å². The summed E-state index contributed by atoms with van der Waals surface area (Å²) in [5.41, 5.74) is 12.9. The molecule has 1 aromatic carbocycles. The number of benzene rings is 1. The first kappa shape index (κ1) is 17.9. The van der Waals surface area contributed by atoms with Crippen LogP contribution < -0.4 is 11.2 Å². The number of nitrogens with one attached hydrogen (secondary N) is 1. The van der Waals surface area contributed by atoms with E-state index < -0.39 is 0 Å². The van der Waals surface area contributed by atoms with E-state index in [0.717, 1.165) is 49.7 Å². The number of hydrogen-bond donors (Lipinski definition) is 2. The number of ether oxygens (including phenoxy) is 1. The molecule has 3 rings (SSSR count). The van der Waals surface area contributed by atoms with Gasteiger partial charge in [0.2, 0.25) is 0 Å². The molecule has 25 heavy (non-hydrogen) atoms. The molecular formula is C18H21ClN4OS. The molecule has 1 fully saturated rings. The molecule has 1 heterocycles. The smallest absolute Gasteiger partial charge is 0.184 e. The van der Waals surface area contributed by atoms with Gasteiger partial charge in [-0.05, 0) is 60.0 Å². The molecule has 0 saturated carbocycles. The number of thiocarbonyl (C=S) groups is 1. The lowest BCUT2D eigenvalue weighted by Crippen LogP contribution is -2.36. The summed E-state index contributed by atoms with van der Waals surface area (Å²) in [5, 5.41) is 5.06. The van der Waals surface area contributed by atoms with Crippen LogP contribution in [0.2, 0.25) is 5.02 Å². The first-order valence-electron chi connectivity index (χ1n) is 8.24. The quantitative estimate of drug-likeness (QED) is 0.480. The molecular weight excluding hydrogens is 356 g/mol. The van der Waals surface area contributed by atoms with Crippen LogP contribution in [0, 0.1) is 0 Å². The summed E-state index contributed by atoms with van der Waals surface area (Å²) in [5.74, 6) is 0. The Morgan fingerprint density at radius 2 is 1.96 bits per heavy atom. The molecule has 0 unspecified atom stereocenters. The lowest BCUT2D eigenvalue weighted by atomic mass is 10.1.